The molecule has 3 fully saturated rings. The van der Waals surface area contributed by atoms with Gasteiger partial charge in [0.15, 0.2) is 0 Å². The Kier molecular flexibility index (Phi) is 4.61. The molecule has 144 valence electrons. The van der Waals surface area contributed by atoms with Crippen molar-refractivity contribution in [1.29, 1.82) is 0 Å². The minimum absolute atomic E-state index is 0.0112. The molecule has 3 saturated heterocycles. The smallest absolute Gasteiger partial charge is 0.329 e. The van der Waals surface area contributed by atoms with Crippen LogP contribution in [0.2, 0.25) is 0 Å². The first kappa shape index (κ1) is 17.9. The van der Waals surface area contributed by atoms with Gasteiger partial charge in [-0.05, 0) is 49.9 Å². The number of ether oxygens (including phenoxy) is 1. The van der Waals surface area contributed by atoms with E-state index in [1.54, 1.807) is 29.2 Å². The summed E-state index contributed by atoms with van der Waals surface area (Å²) in [4.78, 5) is 38.9. The highest BCUT2D eigenvalue weighted by Gasteiger charge is 2.44. The first-order chi connectivity index (χ1) is 13.0. The number of aliphatic hydroxyl groups is 1. The lowest BCUT2D eigenvalue weighted by Crippen LogP contribution is -2.56. The Labute approximate surface area is 157 Å². The molecule has 0 unspecified atom stereocenters. The van der Waals surface area contributed by atoms with Crippen LogP contribution in [0.4, 0.5) is 10.5 Å². The highest BCUT2D eigenvalue weighted by molar-refractivity contribution is 6.12. The molecule has 0 bridgehead atoms. The molecule has 8 heteroatoms. The third-order valence-corrected chi connectivity index (χ3v) is 5.73. The Balaban J connectivity index is 1.40. The fourth-order valence-corrected chi connectivity index (χ4v) is 4.09. The average molecular weight is 373 g/mol. The van der Waals surface area contributed by atoms with Crippen molar-refractivity contribution in [3.8, 4) is 0 Å². The van der Waals surface area contributed by atoms with E-state index >= 15 is 0 Å². The molecule has 3 aliphatic rings. The highest BCUT2D eigenvalue weighted by atomic mass is 16.5. The Hall–Kier alpha value is -2.45. The Morgan fingerprint density at radius 1 is 1.19 bits per heavy atom. The lowest BCUT2D eigenvalue weighted by atomic mass is 9.82. The zero-order valence-electron chi connectivity index (χ0n) is 15.0. The van der Waals surface area contributed by atoms with Crippen LogP contribution in [0.25, 0.3) is 0 Å². The van der Waals surface area contributed by atoms with Gasteiger partial charge >= 0.3 is 6.03 Å². The highest BCUT2D eigenvalue weighted by Crippen LogP contribution is 2.35. The number of imide groups is 1. The molecule has 4 rings (SSSR count). The maximum absolute atomic E-state index is 12.8. The maximum Gasteiger partial charge on any atom is 0.329 e. The number of rotatable bonds is 2. The zero-order chi connectivity index (χ0) is 19.0. The number of hydrogen-bond donors (Lipinski definition) is 2. The third kappa shape index (κ3) is 3.30. The number of carbonyl (C=O) groups is 3. The summed E-state index contributed by atoms with van der Waals surface area (Å²) in [6.07, 6.45) is 2.43. The number of piperidine rings is 1. The second-order valence-electron chi connectivity index (χ2n) is 7.35. The molecule has 1 aromatic carbocycles. The molecule has 3 aliphatic heterocycles. The molecular formula is C19H23N3O5. The SMILES string of the molecule is O=C1CN(c2ccc(C(=O)N3CCC4(CC3)OCCC[C@H]4O)cc2)C(=O)N1. The number of carbonyl (C=O) groups excluding carboxylic acids is 3. The molecule has 27 heavy (non-hydrogen) atoms. The van der Waals surface area contributed by atoms with Gasteiger partial charge in [-0.25, -0.2) is 4.79 Å². The van der Waals surface area contributed by atoms with Gasteiger partial charge < -0.3 is 14.7 Å². The fraction of sp³-hybridized carbons (Fsp3) is 0.526. The standard InChI is InChI=1S/C19H23N3O5/c23-15-2-1-11-27-19(15)7-9-21(10-8-19)17(25)13-3-5-14(6-4-13)22-12-16(24)20-18(22)26/h3-6,15,23H,1-2,7-12H2,(H,20,24,26)/t15-/m1/s1. The van der Waals surface area contributed by atoms with Gasteiger partial charge in [-0.15, -0.1) is 0 Å². The molecular weight excluding hydrogens is 350 g/mol. The lowest BCUT2D eigenvalue weighted by Gasteiger charge is -2.46. The van der Waals surface area contributed by atoms with E-state index in [0.717, 1.165) is 12.8 Å². The van der Waals surface area contributed by atoms with Gasteiger partial charge in [0.1, 0.15) is 6.54 Å². The molecule has 0 aliphatic carbocycles. The summed E-state index contributed by atoms with van der Waals surface area (Å²) in [5, 5.41) is 12.5. The summed E-state index contributed by atoms with van der Waals surface area (Å²) in [6.45, 7) is 1.74. The first-order valence-electron chi connectivity index (χ1n) is 9.31. The fourth-order valence-electron chi connectivity index (χ4n) is 4.09. The van der Waals surface area contributed by atoms with Gasteiger partial charge in [-0.1, -0.05) is 0 Å². The largest absolute Gasteiger partial charge is 0.390 e. The van der Waals surface area contributed by atoms with E-state index in [0.29, 0.717) is 43.8 Å². The van der Waals surface area contributed by atoms with Crippen molar-refractivity contribution in [2.75, 3.05) is 31.1 Å². The summed E-state index contributed by atoms with van der Waals surface area (Å²) in [5.41, 5.74) is 0.603. The number of aliphatic hydroxyl groups excluding tert-OH is 1. The quantitative estimate of drug-likeness (QED) is 0.750. The Morgan fingerprint density at radius 2 is 1.89 bits per heavy atom. The maximum atomic E-state index is 12.8. The van der Waals surface area contributed by atoms with Crippen LogP contribution in [0.3, 0.4) is 0 Å². The molecule has 1 aromatic rings. The number of anilines is 1. The second-order valence-corrected chi connectivity index (χ2v) is 7.35. The van der Waals surface area contributed by atoms with Crippen LogP contribution in [0.15, 0.2) is 24.3 Å². The molecule has 1 atom stereocenters. The van der Waals surface area contributed by atoms with Gasteiger partial charge in [0.2, 0.25) is 5.91 Å². The molecule has 0 saturated carbocycles. The van der Waals surface area contributed by atoms with E-state index in [9.17, 15) is 19.5 Å². The van der Waals surface area contributed by atoms with E-state index in [-0.39, 0.29) is 18.4 Å². The van der Waals surface area contributed by atoms with Gasteiger partial charge in [-0.2, -0.15) is 0 Å². The summed E-state index contributed by atoms with van der Waals surface area (Å²) in [5.74, 6) is -0.418. The minimum atomic E-state index is -0.505. The van der Waals surface area contributed by atoms with Crippen molar-refractivity contribution in [2.24, 2.45) is 0 Å². The van der Waals surface area contributed by atoms with E-state index in [1.807, 2.05) is 0 Å². The molecule has 4 amide bonds. The Bertz CT molecular complexity index is 755. The molecule has 0 aromatic heterocycles. The van der Waals surface area contributed by atoms with Gasteiger partial charge in [0, 0.05) is 30.9 Å². The monoisotopic (exact) mass is 373 g/mol. The normalized spacial score (nSPS) is 25.0. The summed E-state index contributed by atoms with van der Waals surface area (Å²) in [7, 11) is 0. The van der Waals surface area contributed by atoms with Crippen LogP contribution in [0.1, 0.15) is 36.0 Å². The van der Waals surface area contributed by atoms with E-state index in [2.05, 4.69) is 5.32 Å². The van der Waals surface area contributed by atoms with Gasteiger partial charge in [0.05, 0.1) is 11.7 Å². The van der Waals surface area contributed by atoms with Crippen LogP contribution >= 0.6 is 0 Å². The molecule has 8 nitrogen and oxygen atoms in total. The Morgan fingerprint density at radius 3 is 2.48 bits per heavy atom. The van der Waals surface area contributed by atoms with Crippen LogP contribution < -0.4 is 10.2 Å². The number of nitrogens with zero attached hydrogens (tertiary/aromatic N) is 2. The van der Waals surface area contributed by atoms with Crippen molar-refractivity contribution in [1.82, 2.24) is 10.2 Å². The molecule has 2 N–H and O–H groups in total. The summed E-state index contributed by atoms with van der Waals surface area (Å²) in [6, 6.07) is 6.23. The summed E-state index contributed by atoms with van der Waals surface area (Å²) >= 11 is 0. The van der Waals surface area contributed by atoms with Gasteiger partial charge in [0.25, 0.3) is 5.91 Å². The van der Waals surface area contributed by atoms with E-state index < -0.39 is 17.7 Å². The number of amides is 4. The number of likely N-dealkylation sites (tertiary alicyclic amines) is 1. The van der Waals surface area contributed by atoms with Crippen LogP contribution in [0.5, 0.6) is 0 Å². The van der Waals surface area contributed by atoms with Crippen LogP contribution in [-0.4, -0.2) is 65.8 Å². The van der Waals surface area contributed by atoms with Crippen molar-refractivity contribution in [2.45, 2.75) is 37.4 Å². The van der Waals surface area contributed by atoms with Crippen molar-refractivity contribution >= 4 is 23.5 Å². The summed E-state index contributed by atoms with van der Waals surface area (Å²) < 4.78 is 5.89. The molecule has 1 spiro atoms. The topological polar surface area (TPSA) is 99.2 Å². The second kappa shape index (κ2) is 6.94. The van der Waals surface area contributed by atoms with Crippen molar-refractivity contribution in [3.63, 3.8) is 0 Å². The van der Waals surface area contributed by atoms with E-state index in [4.69, 9.17) is 4.74 Å². The number of nitrogens with one attached hydrogen (secondary N) is 1. The van der Waals surface area contributed by atoms with Crippen molar-refractivity contribution < 1.29 is 24.2 Å². The average Bonchev–Trinajstić information content (AvgIpc) is 3.03. The van der Waals surface area contributed by atoms with Crippen molar-refractivity contribution in [3.05, 3.63) is 29.8 Å². The van der Waals surface area contributed by atoms with E-state index in [1.165, 1.54) is 4.90 Å². The minimum Gasteiger partial charge on any atom is -0.390 e. The van der Waals surface area contributed by atoms with Crippen LogP contribution in [0, 0.1) is 0 Å². The number of urea groups is 1. The van der Waals surface area contributed by atoms with Crippen LogP contribution in [-0.2, 0) is 9.53 Å². The first-order valence-corrected chi connectivity index (χ1v) is 9.31. The molecule has 3 heterocycles. The predicted molar refractivity (Wildman–Crippen MR) is 96.4 cm³/mol. The molecule has 0 radical (unpaired) electrons. The zero-order valence-corrected chi connectivity index (χ0v) is 15.0. The number of hydrogen-bond acceptors (Lipinski definition) is 5. The number of benzene rings is 1. The third-order valence-electron chi connectivity index (χ3n) is 5.73. The lowest BCUT2D eigenvalue weighted by molar-refractivity contribution is -0.174. The predicted octanol–water partition coefficient (Wildman–Crippen LogP) is 0.889. The van der Waals surface area contributed by atoms with Gasteiger partial charge in [-0.3, -0.25) is 19.8 Å².